The summed E-state index contributed by atoms with van der Waals surface area (Å²) in [7, 11) is -6.73. The van der Waals surface area contributed by atoms with Crippen molar-refractivity contribution < 1.29 is 21.2 Å². The summed E-state index contributed by atoms with van der Waals surface area (Å²) in [4.78, 5) is 1.86. The van der Waals surface area contributed by atoms with E-state index in [0.717, 1.165) is 6.07 Å². The highest BCUT2D eigenvalue weighted by molar-refractivity contribution is 7.90. The van der Waals surface area contributed by atoms with Gasteiger partial charge in [-0.2, -0.15) is 4.31 Å². The van der Waals surface area contributed by atoms with E-state index in [1.807, 2.05) is 4.90 Å². The van der Waals surface area contributed by atoms with E-state index >= 15 is 0 Å². The Hall–Kier alpha value is -1.03. The van der Waals surface area contributed by atoms with Crippen LogP contribution < -0.4 is 0 Å². The number of rotatable bonds is 5. The molecule has 1 fully saturated rings. The van der Waals surface area contributed by atoms with Crippen molar-refractivity contribution in [3.63, 3.8) is 0 Å². The number of halogens is 1. The van der Waals surface area contributed by atoms with Gasteiger partial charge in [-0.25, -0.2) is 21.2 Å². The first kappa shape index (κ1) is 17.3. The molecular formula is C13H19FN2O4S2. The second kappa shape index (κ2) is 6.61. The van der Waals surface area contributed by atoms with Crippen LogP contribution in [0.2, 0.25) is 0 Å². The van der Waals surface area contributed by atoms with E-state index in [1.54, 1.807) is 0 Å². The third-order valence-corrected chi connectivity index (χ3v) is 6.36. The quantitative estimate of drug-likeness (QED) is 0.757. The van der Waals surface area contributed by atoms with Gasteiger partial charge in [0.2, 0.25) is 10.0 Å². The number of sulfone groups is 1. The van der Waals surface area contributed by atoms with Gasteiger partial charge in [0.1, 0.15) is 15.7 Å². The zero-order valence-corrected chi connectivity index (χ0v) is 13.9. The summed E-state index contributed by atoms with van der Waals surface area (Å²) in [5, 5.41) is 0. The molecule has 0 spiro atoms. The van der Waals surface area contributed by atoms with Gasteiger partial charge in [-0.3, -0.25) is 4.90 Å². The van der Waals surface area contributed by atoms with Crippen LogP contribution in [0.15, 0.2) is 29.2 Å². The molecule has 1 saturated heterocycles. The second-order valence-electron chi connectivity index (χ2n) is 5.33. The molecule has 124 valence electrons. The topological polar surface area (TPSA) is 74.8 Å². The smallest absolute Gasteiger partial charge is 0.243 e. The van der Waals surface area contributed by atoms with E-state index in [0.29, 0.717) is 19.6 Å². The number of piperazine rings is 1. The molecular weight excluding hydrogens is 331 g/mol. The van der Waals surface area contributed by atoms with Crippen molar-refractivity contribution in [2.75, 3.05) is 44.7 Å². The molecule has 0 unspecified atom stereocenters. The van der Waals surface area contributed by atoms with Gasteiger partial charge < -0.3 is 0 Å². The van der Waals surface area contributed by atoms with Crippen LogP contribution in [0.1, 0.15) is 0 Å². The summed E-state index contributed by atoms with van der Waals surface area (Å²) >= 11 is 0. The summed E-state index contributed by atoms with van der Waals surface area (Å²) in [6.07, 6.45) is 1.18. The highest BCUT2D eigenvalue weighted by atomic mass is 32.2. The first-order chi connectivity index (χ1) is 10.2. The molecule has 0 amide bonds. The lowest BCUT2D eigenvalue weighted by molar-refractivity contribution is 0.197. The van der Waals surface area contributed by atoms with Crippen LogP contribution >= 0.6 is 0 Å². The highest BCUT2D eigenvalue weighted by Gasteiger charge is 2.28. The zero-order valence-electron chi connectivity index (χ0n) is 12.3. The van der Waals surface area contributed by atoms with E-state index in [4.69, 9.17) is 0 Å². The minimum Gasteiger partial charge on any atom is -0.300 e. The van der Waals surface area contributed by atoms with Crippen molar-refractivity contribution >= 4 is 19.9 Å². The molecule has 9 heteroatoms. The van der Waals surface area contributed by atoms with E-state index in [1.165, 1.54) is 28.8 Å². The fourth-order valence-electron chi connectivity index (χ4n) is 2.26. The fraction of sp³-hybridized carbons (Fsp3) is 0.538. The summed E-state index contributed by atoms with van der Waals surface area (Å²) in [5.41, 5.74) is 0. The van der Waals surface area contributed by atoms with Gasteiger partial charge in [-0.1, -0.05) is 6.07 Å². The molecule has 6 nitrogen and oxygen atoms in total. The monoisotopic (exact) mass is 350 g/mol. The molecule has 0 radical (unpaired) electrons. The Bertz CT molecular complexity index is 726. The van der Waals surface area contributed by atoms with Crippen LogP contribution in [0.25, 0.3) is 0 Å². The van der Waals surface area contributed by atoms with Crippen LogP contribution in [-0.2, 0) is 19.9 Å². The molecule has 0 saturated carbocycles. The summed E-state index contributed by atoms with van der Waals surface area (Å²) in [6, 6.07) is 4.94. The van der Waals surface area contributed by atoms with E-state index in [9.17, 15) is 21.2 Å². The molecule has 1 aliphatic rings. The van der Waals surface area contributed by atoms with Gasteiger partial charge in [-0.05, 0) is 18.2 Å². The standard InChI is InChI=1S/C13H19FN2O4S2/c1-21(17,18)10-9-15-5-7-16(8-6-15)22(19,20)13-4-2-3-12(14)11-13/h2-4,11H,5-10H2,1H3. The SMILES string of the molecule is CS(=O)(=O)CCN1CCN(S(=O)(=O)c2cccc(F)c2)CC1. The van der Waals surface area contributed by atoms with Gasteiger partial charge in [0.25, 0.3) is 0 Å². The fourth-order valence-corrected chi connectivity index (χ4v) is 4.31. The normalized spacial score (nSPS) is 18.5. The predicted octanol–water partition coefficient (Wildman–Crippen LogP) is 0.177. The average Bonchev–Trinajstić information content (AvgIpc) is 2.45. The number of hydrogen-bond donors (Lipinski definition) is 0. The molecule has 1 aromatic carbocycles. The Labute approximate surface area is 130 Å². The summed E-state index contributed by atoms with van der Waals surface area (Å²) in [6.45, 7) is 1.85. The van der Waals surface area contributed by atoms with Crippen LogP contribution in [-0.4, -0.2) is 70.8 Å². The lowest BCUT2D eigenvalue weighted by Crippen LogP contribution is -2.49. The Morgan fingerprint density at radius 3 is 2.27 bits per heavy atom. The average molecular weight is 350 g/mol. The maximum Gasteiger partial charge on any atom is 0.243 e. The molecule has 1 aromatic rings. The first-order valence-corrected chi connectivity index (χ1v) is 10.3. The van der Waals surface area contributed by atoms with Gasteiger partial charge in [-0.15, -0.1) is 0 Å². The predicted molar refractivity (Wildman–Crippen MR) is 81.3 cm³/mol. The number of sulfonamides is 1. The van der Waals surface area contributed by atoms with Gasteiger partial charge in [0.05, 0.1) is 10.6 Å². The van der Waals surface area contributed by atoms with Gasteiger partial charge >= 0.3 is 0 Å². The molecule has 1 aliphatic heterocycles. The molecule has 2 rings (SSSR count). The van der Waals surface area contributed by atoms with Crippen molar-refractivity contribution in [3.8, 4) is 0 Å². The minimum atomic E-state index is -3.70. The first-order valence-electron chi connectivity index (χ1n) is 6.84. The summed E-state index contributed by atoms with van der Waals surface area (Å²) < 4.78 is 61.6. The Kier molecular flexibility index (Phi) is 5.21. The minimum absolute atomic E-state index is 0.0583. The summed E-state index contributed by atoms with van der Waals surface area (Å²) in [5.74, 6) is -0.531. The van der Waals surface area contributed by atoms with Gasteiger partial charge in [0, 0.05) is 39.0 Å². The largest absolute Gasteiger partial charge is 0.300 e. The van der Waals surface area contributed by atoms with E-state index in [-0.39, 0.29) is 23.7 Å². The van der Waals surface area contributed by atoms with Gasteiger partial charge in [0.15, 0.2) is 0 Å². The zero-order chi connectivity index (χ0) is 16.4. The highest BCUT2D eigenvalue weighted by Crippen LogP contribution is 2.18. The molecule has 1 heterocycles. The van der Waals surface area contributed by atoms with Crippen LogP contribution in [0.3, 0.4) is 0 Å². The number of hydrogen-bond acceptors (Lipinski definition) is 5. The number of benzene rings is 1. The molecule has 0 aromatic heterocycles. The third kappa shape index (κ3) is 4.48. The lowest BCUT2D eigenvalue weighted by Gasteiger charge is -2.33. The third-order valence-electron chi connectivity index (χ3n) is 3.54. The van der Waals surface area contributed by atoms with Crippen LogP contribution in [0, 0.1) is 5.82 Å². The van der Waals surface area contributed by atoms with Crippen molar-refractivity contribution in [1.29, 1.82) is 0 Å². The Morgan fingerprint density at radius 1 is 1.09 bits per heavy atom. The molecule has 0 N–H and O–H groups in total. The molecule has 0 aliphatic carbocycles. The molecule has 22 heavy (non-hydrogen) atoms. The lowest BCUT2D eigenvalue weighted by atomic mass is 10.3. The van der Waals surface area contributed by atoms with Crippen molar-refractivity contribution in [2.45, 2.75) is 4.90 Å². The maximum atomic E-state index is 13.2. The van der Waals surface area contributed by atoms with Crippen LogP contribution in [0.4, 0.5) is 4.39 Å². The van der Waals surface area contributed by atoms with Crippen LogP contribution in [0.5, 0.6) is 0 Å². The van der Waals surface area contributed by atoms with Crippen molar-refractivity contribution in [1.82, 2.24) is 9.21 Å². The van der Waals surface area contributed by atoms with Crippen molar-refractivity contribution in [3.05, 3.63) is 30.1 Å². The number of nitrogens with zero attached hydrogens (tertiary/aromatic N) is 2. The van der Waals surface area contributed by atoms with E-state index < -0.39 is 25.7 Å². The van der Waals surface area contributed by atoms with Crippen molar-refractivity contribution in [2.24, 2.45) is 0 Å². The maximum absolute atomic E-state index is 13.2. The second-order valence-corrected chi connectivity index (χ2v) is 9.53. The molecule has 0 bridgehead atoms. The Morgan fingerprint density at radius 2 is 1.73 bits per heavy atom. The Balaban J connectivity index is 1.99. The molecule has 0 atom stereocenters. The van der Waals surface area contributed by atoms with E-state index in [2.05, 4.69) is 0 Å².